The molecule has 6 heteroatoms. The van der Waals surface area contributed by atoms with Gasteiger partial charge in [-0.1, -0.05) is 0 Å². The fourth-order valence-corrected chi connectivity index (χ4v) is 2.02. The number of piperazine rings is 1. The number of nitrogens with one attached hydrogen (secondary N) is 3. The van der Waals surface area contributed by atoms with E-state index in [4.69, 9.17) is 0 Å². The zero-order chi connectivity index (χ0) is 13.8. The molecule has 2 amide bonds. The van der Waals surface area contributed by atoms with Crippen molar-refractivity contribution in [1.29, 1.82) is 0 Å². The van der Waals surface area contributed by atoms with Crippen molar-refractivity contribution in [2.24, 2.45) is 0 Å². The minimum absolute atomic E-state index is 0.111. The summed E-state index contributed by atoms with van der Waals surface area (Å²) in [6, 6.07) is -0.510. The molecule has 0 aromatic heterocycles. The van der Waals surface area contributed by atoms with Gasteiger partial charge in [0.05, 0.1) is 5.54 Å². The van der Waals surface area contributed by atoms with Gasteiger partial charge in [-0.05, 0) is 20.8 Å². The molecule has 6 nitrogen and oxygen atoms in total. The van der Waals surface area contributed by atoms with Crippen molar-refractivity contribution in [3.63, 3.8) is 0 Å². The van der Waals surface area contributed by atoms with Crippen LogP contribution in [0.2, 0.25) is 0 Å². The fourth-order valence-electron chi connectivity index (χ4n) is 2.02. The lowest BCUT2D eigenvalue weighted by Crippen LogP contribution is -2.61. The van der Waals surface area contributed by atoms with Crippen LogP contribution in [0.1, 0.15) is 20.8 Å². The number of rotatable bonds is 4. The number of carbonyl (C=O) groups excluding carboxylic acids is 2. The van der Waals surface area contributed by atoms with Crippen molar-refractivity contribution in [3.05, 3.63) is 0 Å². The summed E-state index contributed by atoms with van der Waals surface area (Å²) >= 11 is 0. The smallest absolute Gasteiger partial charge is 0.242 e. The number of hydrogen-bond acceptors (Lipinski definition) is 4. The third kappa shape index (κ3) is 3.43. The molecule has 1 fully saturated rings. The Labute approximate surface area is 108 Å². The Morgan fingerprint density at radius 3 is 2.33 bits per heavy atom. The summed E-state index contributed by atoms with van der Waals surface area (Å²) in [5.74, 6) is -0.292. The van der Waals surface area contributed by atoms with E-state index in [0.29, 0.717) is 0 Å². The van der Waals surface area contributed by atoms with E-state index in [9.17, 15) is 9.59 Å². The molecule has 1 heterocycles. The molecule has 1 aliphatic rings. The van der Waals surface area contributed by atoms with Crippen LogP contribution in [0.15, 0.2) is 0 Å². The third-order valence-electron chi connectivity index (χ3n) is 3.45. The van der Waals surface area contributed by atoms with Crippen LogP contribution in [0.3, 0.4) is 0 Å². The molecular weight excluding hydrogens is 232 g/mol. The van der Waals surface area contributed by atoms with Gasteiger partial charge in [-0.15, -0.1) is 0 Å². The highest BCUT2D eigenvalue weighted by molar-refractivity contribution is 5.91. The summed E-state index contributed by atoms with van der Waals surface area (Å²) in [6.07, 6.45) is 0. The van der Waals surface area contributed by atoms with Gasteiger partial charge in [-0.3, -0.25) is 14.5 Å². The summed E-state index contributed by atoms with van der Waals surface area (Å²) in [4.78, 5) is 25.8. The monoisotopic (exact) mass is 256 g/mol. The SMILES string of the molecule is CNC(=O)C(C)NC(=O)C(C)(C)N1CCNCC1. The summed E-state index contributed by atoms with van der Waals surface area (Å²) < 4.78 is 0. The van der Waals surface area contributed by atoms with E-state index < -0.39 is 11.6 Å². The van der Waals surface area contributed by atoms with E-state index in [1.165, 1.54) is 0 Å². The van der Waals surface area contributed by atoms with Crippen LogP contribution >= 0.6 is 0 Å². The van der Waals surface area contributed by atoms with Crippen LogP contribution in [-0.2, 0) is 9.59 Å². The molecule has 0 aromatic carbocycles. The number of likely N-dealkylation sites (N-methyl/N-ethyl adjacent to an activating group) is 1. The molecule has 3 N–H and O–H groups in total. The maximum absolute atomic E-state index is 12.2. The lowest BCUT2D eigenvalue weighted by Gasteiger charge is -2.40. The first-order valence-electron chi connectivity index (χ1n) is 6.38. The summed E-state index contributed by atoms with van der Waals surface area (Å²) in [7, 11) is 1.56. The molecule has 0 spiro atoms. The second-order valence-electron chi connectivity index (χ2n) is 5.11. The van der Waals surface area contributed by atoms with Crippen molar-refractivity contribution in [2.45, 2.75) is 32.4 Å². The zero-order valence-electron chi connectivity index (χ0n) is 11.7. The van der Waals surface area contributed by atoms with Crippen molar-refractivity contribution in [3.8, 4) is 0 Å². The Morgan fingerprint density at radius 2 is 1.83 bits per heavy atom. The quantitative estimate of drug-likeness (QED) is 0.598. The van der Waals surface area contributed by atoms with Gasteiger partial charge < -0.3 is 16.0 Å². The molecule has 104 valence electrons. The second kappa shape index (κ2) is 6.15. The van der Waals surface area contributed by atoms with E-state index >= 15 is 0 Å². The van der Waals surface area contributed by atoms with Crippen molar-refractivity contribution < 1.29 is 9.59 Å². The first kappa shape index (κ1) is 14.9. The molecule has 0 aliphatic carbocycles. The number of amides is 2. The van der Waals surface area contributed by atoms with Gasteiger partial charge in [0, 0.05) is 33.2 Å². The van der Waals surface area contributed by atoms with Gasteiger partial charge in [-0.2, -0.15) is 0 Å². The van der Waals surface area contributed by atoms with Crippen LogP contribution < -0.4 is 16.0 Å². The van der Waals surface area contributed by atoms with Gasteiger partial charge in [0.1, 0.15) is 6.04 Å². The molecule has 0 radical (unpaired) electrons. The van der Waals surface area contributed by atoms with Gasteiger partial charge in [0.15, 0.2) is 0 Å². The molecule has 0 saturated carbocycles. The van der Waals surface area contributed by atoms with E-state index in [-0.39, 0.29) is 11.8 Å². The molecule has 1 atom stereocenters. The Morgan fingerprint density at radius 1 is 1.28 bits per heavy atom. The summed E-state index contributed by atoms with van der Waals surface area (Å²) in [5, 5.41) is 8.54. The predicted molar refractivity (Wildman–Crippen MR) is 70.2 cm³/mol. The molecule has 1 unspecified atom stereocenters. The summed E-state index contributed by atoms with van der Waals surface area (Å²) in [6.45, 7) is 8.94. The zero-order valence-corrected chi connectivity index (χ0v) is 11.7. The lowest BCUT2D eigenvalue weighted by atomic mass is 10.00. The molecule has 18 heavy (non-hydrogen) atoms. The van der Waals surface area contributed by atoms with Gasteiger partial charge in [-0.25, -0.2) is 0 Å². The maximum Gasteiger partial charge on any atom is 0.242 e. The van der Waals surface area contributed by atoms with E-state index in [2.05, 4.69) is 20.9 Å². The normalized spacial score (nSPS) is 19.1. The van der Waals surface area contributed by atoms with Crippen molar-refractivity contribution >= 4 is 11.8 Å². The first-order valence-corrected chi connectivity index (χ1v) is 6.38. The molecular formula is C12H24N4O2. The maximum atomic E-state index is 12.2. The van der Waals surface area contributed by atoms with Crippen LogP contribution in [0.5, 0.6) is 0 Å². The minimum Gasteiger partial charge on any atom is -0.357 e. The Bertz CT molecular complexity index is 311. The highest BCUT2D eigenvalue weighted by Gasteiger charge is 2.36. The van der Waals surface area contributed by atoms with Crippen molar-refractivity contribution in [2.75, 3.05) is 33.2 Å². The predicted octanol–water partition coefficient (Wildman–Crippen LogP) is -1.08. The van der Waals surface area contributed by atoms with Gasteiger partial charge >= 0.3 is 0 Å². The van der Waals surface area contributed by atoms with Crippen LogP contribution in [-0.4, -0.2) is 61.5 Å². The average Bonchev–Trinajstić information content (AvgIpc) is 2.38. The number of nitrogens with zero attached hydrogens (tertiary/aromatic N) is 1. The van der Waals surface area contributed by atoms with E-state index in [0.717, 1.165) is 26.2 Å². The van der Waals surface area contributed by atoms with Crippen molar-refractivity contribution in [1.82, 2.24) is 20.9 Å². The first-order chi connectivity index (χ1) is 8.39. The van der Waals surface area contributed by atoms with Gasteiger partial charge in [0.2, 0.25) is 11.8 Å². The molecule has 0 bridgehead atoms. The lowest BCUT2D eigenvalue weighted by molar-refractivity contribution is -0.135. The average molecular weight is 256 g/mol. The van der Waals surface area contributed by atoms with Gasteiger partial charge in [0.25, 0.3) is 0 Å². The van der Waals surface area contributed by atoms with Crippen LogP contribution in [0, 0.1) is 0 Å². The fraction of sp³-hybridized carbons (Fsp3) is 0.833. The van der Waals surface area contributed by atoms with Crippen LogP contribution in [0.25, 0.3) is 0 Å². The standard InChI is InChI=1S/C12H24N4O2/c1-9(10(17)13-4)15-11(18)12(2,3)16-7-5-14-6-8-16/h9,14H,5-8H2,1-4H3,(H,13,17)(H,15,18). The number of carbonyl (C=O) groups is 2. The molecule has 1 rings (SSSR count). The topological polar surface area (TPSA) is 73.5 Å². The number of hydrogen-bond donors (Lipinski definition) is 3. The Hall–Kier alpha value is -1.14. The molecule has 1 aliphatic heterocycles. The third-order valence-corrected chi connectivity index (χ3v) is 3.45. The Kier molecular flexibility index (Phi) is 5.10. The minimum atomic E-state index is -0.593. The molecule has 0 aromatic rings. The highest BCUT2D eigenvalue weighted by Crippen LogP contribution is 2.15. The van der Waals surface area contributed by atoms with Crippen LogP contribution in [0.4, 0.5) is 0 Å². The molecule has 1 saturated heterocycles. The largest absolute Gasteiger partial charge is 0.357 e. The summed E-state index contributed by atoms with van der Waals surface area (Å²) in [5.41, 5.74) is -0.593. The highest BCUT2D eigenvalue weighted by atomic mass is 16.2. The van der Waals surface area contributed by atoms with E-state index in [1.54, 1.807) is 14.0 Å². The van der Waals surface area contributed by atoms with E-state index in [1.807, 2.05) is 13.8 Å². The Balaban J connectivity index is 2.60. The second-order valence-corrected chi connectivity index (χ2v) is 5.11.